The first kappa shape index (κ1) is 45.6. The van der Waals surface area contributed by atoms with Crippen LogP contribution >= 0.6 is 0 Å². The molecule has 69 heavy (non-hydrogen) atoms. The molecule has 1 aromatic carbocycles. The number of alkyl halides is 3. The lowest BCUT2D eigenvalue weighted by Crippen LogP contribution is -2.47. The van der Waals surface area contributed by atoms with Crippen LogP contribution in [0, 0.1) is 17.8 Å². The number of anilines is 2. The number of para-hydroxylation sites is 1. The number of fused-ring (bicyclic) bond motifs is 2. The minimum Gasteiger partial charge on any atom is -0.376 e. The zero-order chi connectivity index (χ0) is 47.2. The molecule has 0 bridgehead atoms. The van der Waals surface area contributed by atoms with Crippen molar-refractivity contribution < 1.29 is 41.8 Å². The van der Waals surface area contributed by atoms with Gasteiger partial charge in [0.05, 0.1) is 72.1 Å². The molecule has 11 rings (SSSR count). The van der Waals surface area contributed by atoms with Crippen molar-refractivity contribution in [3.63, 3.8) is 0 Å². The van der Waals surface area contributed by atoms with Crippen LogP contribution in [-0.2, 0) is 23.8 Å². The quantitative estimate of drug-likeness (QED) is 0.106. The number of amides is 3. The number of nitrogens with one attached hydrogen (secondary N) is 2. The van der Waals surface area contributed by atoms with E-state index >= 15 is 4.39 Å². The summed E-state index contributed by atoms with van der Waals surface area (Å²) in [6.07, 6.45) is 8.33. The number of aromatic nitrogens is 7. The summed E-state index contributed by atoms with van der Waals surface area (Å²) in [7, 11) is 0. The molecule has 3 amide bonds. The average molecular weight is 952 g/mol. The Bertz CT molecular complexity index is 2780. The number of hydrogen-bond donors (Lipinski definition) is 2. The monoisotopic (exact) mass is 951 g/mol. The molecule has 4 saturated heterocycles. The zero-order valence-corrected chi connectivity index (χ0v) is 38.3. The molecule has 0 spiro atoms. The van der Waals surface area contributed by atoms with Crippen molar-refractivity contribution in [1.82, 2.24) is 44.4 Å². The highest BCUT2D eigenvalue weighted by Crippen LogP contribution is 2.41. The van der Waals surface area contributed by atoms with Gasteiger partial charge in [-0.1, -0.05) is 24.0 Å². The lowest BCUT2D eigenvalue weighted by molar-refractivity contribution is -0.157. The third kappa shape index (κ3) is 9.70. The van der Waals surface area contributed by atoms with E-state index in [4.69, 9.17) is 24.3 Å². The second-order valence-electron chi connectivity index (χ2n) is 19.4. The van der Waals surface area contributed by atoms with E-state index in [0.29, 0.717) is 68.5 Å². The normalized spacial score (nSPS) is 25.2. The largest absolute Gasteiger partial charge is 0.376 e. The Labute approximate surface area is 396 Å². The van der Waals surface area contributed by atoms with Crippen LogP contribution in [0.25, 0.3) is 16.6 Å². The van der Waals surface area contributed by atoms with Crippen LogP contribution in [0.15, 0.2) is 42.9 Å². The van der Waals surface area contributed by atoms with Crippen LogP contribution in [0.1, 0.15) is 122 Å². The topological polar surface area (TPSA) is 175 Å². The number of benzene rings is 1. The number of imide groups is 1. The van der Waals surface area contributed by atoms with Gasteiger partial charge < -0.3 is 24.4 Å². The second kappa shape index (κ2) is 19.5. The molecule has 20 heteroatoms. The fraction of sp³-hybridized carbons (Fsp3) is 0.571. The minimum atomic E-state index is -2.90. The molecule has 4 aromatic heterocycles. The number of likely N-dealkylation sites (tertiary alicyclic amines) is 1. The molecule has 17 nitrogen and oxygen atoms in total. The molecular formula is C49H56F3N11O6. The van der Waals surface area contributed by atoms with Gasteiger partial charge in [0.2, 0.25) is 11.8 Å². The summed E-state index contributed by atoms with van der Waals surface area (Å²) in [5.41, 5.74) is 2.27. The maximum absolute atomic E-state index is 15.6. The van der Waals surface area contributed by atoms with Crippen molar-refractivity contribution in [3.05, 3.63) is 65.4 Å². The van der Waals surface area contributed by atoms with Gasteiger partial charge in [0, 0.05) is 56.9 Å². The highest BCUT2D eigenvalue weighted by Gasteiger charge is 2.37. The second-order valence-corrected chi connectivity index (χ2v) is 19.4. The van der Waals surface area contributed by atoms with E-state index in [9.17, 15) is 23.2 Å². The van der Waals surface area contributed by atoms with Crippen molar-refractivity contribution in [2.24, 2.45) is 5.92 Å². The predicted molar refractivity (Wildman–Crippen MR) is 246 cm³/mol. The van der Waals surface area contributed by atoms with E-state index in [1.807, 2.05) is 28.9 Å². The van der Waals surface area contributed by atoms with Crippen LogP contribution in [-0.4, -0.2) is 134 Å². The number of nitrogens with zero attached hydrogens (tertiary/aromatic N) is 9. The maximum atomic E-state index is 15.6. The minimum absolute atomic E-state index is 0.0457. The first-order chi connectivity index (χ1) is 33.6. The van der Waals surface area contributed by atoms with E-state index in [1.54, 1.807) is 10.9 Å². The van der Waals surface area contributed by atoms with Gasteiger partial charge in [-0.15, -0.1) is 0 Å². The van der Waals surface area contributed by atoms with Gasteiger partial charge in [-0.3, -0.25) is 34.0 Å². The van der Waals surface area contributed by atoms with Crippen LogP contribution < -0.4 is 15.5 Å². The van der Waals surface area contributed by atoms with Gasteiger partial charge in [0.15, 0.2) is 11.3 Å². The number of piperidine rings is 3. The van der Waals surface area contributed by atoms with Crippen LogP contribution in [0.4, 0.5) is 24.7 Å². The van der Waals surface area contributed by atoms with Gasteiger partial charge in [-0.05, 0) is 82.3 Å². The average Bonchev–Trinajstić information content (AvgIpc) is 3.76. The SMILES string of the molecule is O=C1CCC(c2nn(C3CC3)c3c(C#CCO[C@H]4CCN(CC5CCC(n6cc(NC(=O)c7cnn8ccc(N9CCC(OC%10COC%10)CC9)nc78)c(C(F)F)n6)CC5)C[C@H]4F)cccc23)C(=O)N1. The van der Waals surface area contributed by atoms with E-state index in [1.165, 1.54) is 16.9 Å². The van der Waals surface area contributed by atoms with Crippen LogP contribution in [0.5, 0.6) is 0 Å². The van der Waals surface area contributed by atoms with E-state index < -0.39 is 36.2 Å². The molecule has 5 aromatic rings. The number of ether oxygens (including phenoxy) is 3. The Balaban J connectivity index is 0.658. The number of hydrogen-bond acceptors (Lipinski definition) is 12. The number of carbonyl (C=O) groups is 3. The molecule has 2 N–H and O–H groups in total. The third-order valence-electron chi connectivity index (χ3n) is 14.7. The molecule has 364 valence electrons. The maximum Gasteiger partial charge on any atom is 0.284 e. The molecule has 2 aliphatic carbocycles. The number of rotatable bonds is 13. The fourth-order valence-electron chi connectivity index (χ4n) is 10.7. The molecular weight excluding hydrogens is 896 g/mol. The molecule has 0 radical (unpaired) electrons. The molecule has 6 fully saturated rings. The van der Waals surface area contributed by atoms with Gasteiger partial charge in [0.1, 0.15) is 30.3 Å². The Morgan fingerprint density at radius 1 is 0.957 bits per heavy atom. The summed E-state index contributed by atoms with van der Waals surface area (Å²) in [5, 5.41) is 19.4. The van der Waals surface area contributed by atoms with Gasteiger partial charge >= 0.3 is 0 Å². The summed E-state index contributed by atoms with van der Waals surface area (Å²) in [6.45, 7) is 4.53. The Morgan fingerprint density at radius 3 is 2.51 bits per heavy atom. The summed E-state index contributed by atoms with van der Waals surface area (Å²) in [4.78, 5) is 47.3. The van der Waals surface area contributed by atoms with Crippen molar-refractivity contribution in [1.29, 1.82) is 0 Å². The molecule has 3 atom stereocenters. The summed E-state index contributed by atoms with van der Waals surface area (Å²) >= 11 is 0. The lowest BCUT2D eigenvalue weighted by atomic mass is 9.85. The number of carbonyl (C=O) groups excluding carboxylic acids is 3. The third-order valence-corrected chi connectivity index (χ3v) is 14.7. The molecule has 1 unspecified atom stereocenters. The summed E-state index contributed by atoms with van der Waals surface area (Å²) in [6, 6.07) is 7.74. The van der Waals surface area contributed by atoms with E-state index in [-0.39, 0.29) is 66.9 Å². The summed E-state index contributed by atoms with van der Waals surface area (Å²) < 4.78 is 66.7. The van der Waals surface area contributed by atoms with Crippen LogP contribution in [0.2, 0.25) is 0 Å². The van der Waals surface area contributed by atoms with Gasteiger partial charge in [-0.25, -0.2) is 22.7 Å². The number of halogens is 3. The van der Waals surface area contributed by atoms with Gasteiger partial charge in [0.25, 0.3) is 12.3 Å². The van der Waals surface area contributed by atoms with Crippen molar-refractivity contribution >= 4 is 45.8 Å². The smallest absolute Gasteiger partial charge is 0.284 e. The summed E-state index contributed by atoms with van der Waals surface area (Å²) in [5.74, 6) is 5.66. The zero-order valence-electron chi connectivity index (χ0n) is 38.3. The predicted octanol–water partition coefficient (Wildman–Crippen LogP) is 5.92. The molecule has 2 saturated carbocycles. The lowest BCUT2D eigenvalue weighted by Gasteiger charge is -2.38. The van der Waals surface area contributed by atoms with Gasteiger partial charge in [-0.2, -0.15) is 15.3 Å². The highest BCUT2D eigenvalue weighted by molar-refractivity contribution is 6.08. The van der Waals surface area contributed by atoms with Crippen molar-refractivity contribution in [2.45, 2.75) is 120 Å². The standard InChI is InChI=1S/C49H56F3N11O6/c50-38-25-59(18-16-40(38)68-22-2-4-30-3-1-5-35-43(36-12-13-42(64)56-48(36)65)58-63(45(30)35)32-10-11-32)24-29-6-8-31(9-7-29)62-26-39(44(57-62)46(51)52)54-49(66)37-23-53-61-21-17-41(55-47(37)61)60-19-14-33(15-20-60)69-34-27-67-28-34/h1,3,5,17,21,23,26,29,31-34,36,38,40,46H,6-16,18-20,22,24-25,27-28H2,(H,54,66)(H,56,64,65)/t29?,31?,36?,38-,40+/m1/s1. The Hall–Kier alpha value is -5.88. The van der Waals surface area contributed by atoms with Crippen molar-refractivity contribution in [2.75, 3.05) is 62.8 Å². The highest BCUT2D eigenvalue weighted by atomic mass is 19.3. The Morgan fingerprint density at radius 2 is 1.77 bits per heavy atom. The Kier molecular flexibility index (Phi) is 12.9. The molecule has 4 aliphatic heterocycles. The van der Waals surface area contributed by atoms with E-state index in [2.05, 4.69) is 42.5 Å². The molecule has 8 heterocycles. The van der Waals surface area contributed by atoms with Crippen LogP contribution in [0.3, 0.4) is 0 Å². The molecule has 6 aliphatic rings. The van der Waals surface area contributed by atoms with Crippen molar-refractivity contribution in [3.8, 4) is 11.8 Å². The van der Waals surface area contributed by atoms with E-state index in [0.717, 1.165) is 74.6 Å². The fourth-order valence-corrected chi connectivity index (χ4v) is 10.7. The first-order valence-electron chi connectivity index (χ1n) is 24.4. The first-order valence-corrected chi connectivity index (χ1v) is 24.4.